The molecule has 0 aliphatic carbocycles. The molecular weight excluding hydrogens is 209 g/mol. The number of nitrogens with zero attached hydrogens (tertiary/aromatic N) is 1. The van der Waals surface area contributed by atoms with E-state index in [1.807, 2.05) is 6.07 Å². The third kappa shape index (κ3) is 2.73. The predicted octanol–water partition coefficient (Wildman–Crippen LogP) is 2.52. The Labute approximate surface area is 85.7 Å². The maximum Gasteiger partial charge on any atom is 0.226 e. The molecule has 0 atom stereocenters. The van der Waals surface area contributed by atoms with Gasteiger partial charge in [-0.05, 0) is 35.4 Å². The summed E-state index contributed by atoms with van der Waals surface area (Å²) in [5.74, 6) is 0. The van der Waals surface area contributed by atoms with Crippen molar-refractivity contribution < 1.29 is 4.79 Å². The van der Waals surface area contributed by atoms with Crippen molar-refractivity contribution in [2.75, 3.05) is 0 Å². The first kappa shape index (κ1) is 10.0. The van der Waals surface area contributed by atoms with Crippen molar-refractivity contribution in [2.24, 2.45) is 0 Å². The largest absolute Gasteiger partial charge is 0.281 e. The average Bonchev–Trinajstić information content (AvgIpc) is 2.03. The molecule has 1 aromatic carbocycles. The molecule has 0 fully saturated rings. The summed E-state index contributed by atoms with van der Waals surface area (Å²) in [6, 6.07) is 6.69. The Morgan fingerprint density at radius 2 is 2.23 bits per heavy atom. The van der Waals surface area contributed by atoms with Gasteiger partial charge < -0.3 is 0 Å². The summed E-state index contributed by atoms with van der Waals surface area (Å²) in [4.78, 5) is 10.6. The Morgan fingerprint density at radius 1 is 1.54 bits per heavy atom. The molecule has 0 saturated carbocycles. The Morgan fingerprint density at radius 3 is 2.77 bits per heavy atom. The lowest BCUT2D eigenvalue weighted by Crippen LogP contribution is -1.96. The van der Waals surface area contributed by atoms with E-state index in [2.05, 4.69) is 0 Å². The molecule has 0 radical (unpaired) electrons. The van der Waals surface area contributed by atoms with Gasteiger partial charge in [-0.25, -0.2) is 0 Å². The van der Waals surface area contributed by atoms with Crippen molar-refractivity contribution in [1.82, 2.24) is 0 Å². The minimum absolute atomic E-state index is 0.0327. The highest BCUT2D eigenvalue weighted by molar-refractivity contribution is 6.63. The molecule has 1 aromatic rings. The van der Waals surface area contributed by atoms with Crippen LogP contribution >= 0.6 is 23.2 Å². The zero-order chi connectivity index (χ0) is 9.84. The van der Waals surface area contributed by atoms with Gasteiger partial charge in [0.05, 0.1) is 11.6 Å². The van der Waals surface area contributed by atoms with E-state index in [0.29, 0.717) is 16.1 Å². The smallest absolute Gasteiger partial charge is 0.226 e. The number of halogens is 2. The van der Waals surface area contributed by atoms with E-state index in [1.165, 1.54) is 0 Å². The Balaban J connectivity index is 3.10. The first-order valence-corrected chi connectivity index (χ1v) is 4.26. The fourth-order valence-electron chi connectivity index (χ4n) is 0.967. The van der Waals surface area contributed by atoms with E-state index in [4.69, 9.17) is 28.5 Å². The van der Waals surface area contributed by atoms with Gasteiger partial charge in [0.15, 0.2) is 0 Å². The van der Waals surface area contributed by atoms with Crippen LogP contribution in [0.3, 0.4) is 0 Å². The van der Waals surface area contributed by atoms with Crippen LogP contribution in [0.4, 0.5) is 0 Å². The molecule has 0 amide bonds. The van der Waals surface area contributed by atoms with Gasteiger partial charge >= 0.3 is 0 Å². The van der Waals surface area contributed by atoms with Gasteiger partial charge in [0.1, 0.15) is 0 Å². The van der Waals surface area contributed by atoms with Crippen LogP contribution in [-0.2, 0) is 11.2 Å². The minimum atomic E-state index is -0.501. The quantitative estimate of drug-likeness (QED) is 0.709. The first-order valence-electron chi connectivity index (χ1n) is 3.50. The highest BCUT2D eigenvalue weighted by atomic mass is 35.5. The van der Waals surface area contributed by atoms with Gasteiger partial charge in [0.25, 0.3) is 0 Å². The number of hydrogen-bond acceptors (Lipinski definition) is 2. The molecule has 0 aliphatic heterocycles. The summed E-state index contributed by atoms with van der Waals surface area (Å²) < 4.78 is 0. The number of hydrogen-bond donors (Lipinski definition) is 0. The van der Waals surface area contributed by atoms with Crippen LogP contribution in [0.25, 0.3) is 0 Å². The molecule has 1 rings (SSSR count). The van der Waals surface area contributed by atoms with Gasteiger partial charge in [-0.3, -0.25) is 4.79 Å². The zero-order valence-electron chi connectivity index (χ0n) is 6.55. The molecule has 0 bridgehead atoms. The van der Waals surface area contributed by atoms with Gasteiger partial charge in [0, 0.05) is 11.4 Å². The Bertz CT molecular complexity index is 382. The number of carbonyl (C=O) groups is 1. The summed E-state index contributed by atoms with van der Waals surface area (Å²) in [7, 11) is 0. The SMILES string of the molecule is N#Cc1ccc(Cl)cc1CC(=O)Cl. The molecule has 0 heterocycles. The lowest BCUT2D eigenvalue weighted by atomic mass is 10.1. The monoisotopic (exact) mass is 213 g/mol. The third-order valence-electron chi connectivity index (χ3n) is 1.52. The molecular formula is C9H5Cl2NO. The highest BCUT2D eigenvalue weighted by Gasteiger charge is 2.06. The van der Waals surface area contributed by atoms with Crippen molar-refractivity contribution in [3.8, 4) is 6.07 Å². The lowest BCUT2D eigenvalue weighted by Gasteiger charge is -2.00. The van der Waals surface area contributed by atoms with Crippen molar-refractivity contribution >= 4 is 28.4 Å². The lowest BCUT2D eigenvalue weighted by molar-refractivity contribution is -0.111. The van der Waals surface area contributed by atoms with Gasteiger partial charge in [-0.2, -0.15) is 5.26 Å². The molecule has 0 N–H and O–H groups in total. The fraction of sp³-hybridized carbons (Fsp3) is 0.111. The predicted molar refractivity (Wildman–Crippen MR) is 50.7 cm³/mol. The molecule has 2 nitrogen and oxygen atoms in total. The summed E-state index contributed by atoms with van der Waals surface area (Å²) in [5.41, 5.74) is 0.994. The normalized spacial score (nSPS) is 9.31. The van der Waals surface area contributed by atoms with Gasteiger partial charge in [-0.15, -0.1) is 0 Å². The minimum Gasteiger partial charge on any atom is -0.281 e. The number of carbonyl (C=O) groups excluding carboxylic acids is 1. The number of nitriles is 1. The summed E-state index contributed by atoms with van der Waals surface area (Å²) >= 11 is 10.9. The highest BCUT2D eigenvalue weighted by Crippen LogP contribution is 2.16. The molecule has 4 heteroatoms. The van der Waals surface area contributed by atoms with Crippen LogP contribution < -0.4 is 0 Å². The van der Waals surface area contributed by atoms with Gasteiger partial charge in [-0.1, -0.05) is 11.6 Å². The number of benzene rings is 1. The van der Waals surface area contributed by atoms with E-state index in [-0.39, 0.29) is 6.42 Å². The summed E-state index contributed by atoms with van der Waals surface area (Å²) in [5, 5.41) is 8.67. The molecule has 66 valence electrons. The van der Waals surface area contributed by atoms with Gasteiger partial charge in [0.2, 0.25) is 5.24 Å². The topological polar surface area (TPSA) is 40.9 Å². The van der Waals surface area contributed by atoms with Crippen LogP contribution in [0, 0.1) is 11.3 Å². The molecule has 13 heavy (non-hydrogen) atoms. The van der Waals surface area contributed by atoms with Crippen molar-refractivity contribution in [3.05, 3.63) is 34.3 Å². The second-order valence-electron chi connectivity index (χ2n) is 2.45. The number of rotatable bonds is 2. The van der Waals surface area contributed by atoms with Crippen molar-refractivity contribution in [3.63, 3.8) is 0 Å². The van der Waals surface area contributed by atoms with Crippen molar-refractivity contribution in [1.29, 1.82) is 5.26 Å². The second kappa shape index (κ2) is 4.27. The Kier molecular flexibility index (Phi) is 3.30. The van der Waals surface area contributed by atoms with Crippen LogP contribution in [0.5, 0.6) is 0 Å². The standard InChI is InChI=1S/C9H5Cl2NO/c10-8-2-1-6(5-12)7(3-8)4-9(11)13/h1-3H,4H2. The van der Waals surface area contributed by atoms with E-state index in [9.17, 15) is 4.79 Å². The second-order valence-corrected chi connectivity index (χ2v) is 3.30. The molecule has 0 saturated heterocycles. The van der Waals surface area contributed by atoms with Crippen LogP contribution in [-0.4, -0.2) is 5.24 Å². The average molecular weight is 214 g/mol. The maximum atomic E-state index is 10.6. The van der Waals surface area contributed by atoms with Crippen molar-refractivity contribution in [2.45, 2.75) is 6.42 Å². The zero-order valence-corrected chi connectivity index (χ0v) is 8.06. The first-order chi connectivity index (χ1) is 6.13. The van der Waals surface area contributed by atoms with Crippen LogP contribution in [0.1, 0.15) is 11.1 Å². The maximum absolute atomic E-state index is 10.6. The summed E-state index contributed by atoms with van der Waals surface area (Å²) in [6.07, 6.45) is 0.0327. The molecule has 0 aromatic heterocycles. The van der Waals surface area contributed by atoms with E-state index in [1.54, 1.807) is 18.2 Å². The van der Waals surface area contributed by atoms with Crippen LogP contribution in [0.2, 0.25) is 5.02 Å². The Hall–Kier alpha value is -1.04. The molecule has 0 unspecified atom stereocenters. The van der Waals surface area contributed by atoms with E-state index < -0.39 is 5.24 Å². The fourth-order valence-corrected chi connectivity index (χ4v) is 1.31. The van der Waals surface area contributed by atoms with Crippen LogP contribution in [0.15, 0.2) is 18.2 Å². The summed E-state index contributed by atoms with van der Waals surface area (Å²) in [6.45, 7) is 0. The molecule has 0 aliphatic rings. The van der Waals surface area contributed by atoms with E-state index in [0.717, 1.165) is 0 Å². The third-order valence-corrected chi connectivity index (χ3v) is 1.89. The molecule has 0 spiro atoms. The van der Waals surface area contributed by atoms with E-state index >= 15 is 0 Å².